The molecule has 158 valence electrons. The summed E-state index contributed by atoms with van der Waals surface area (Å²) in [7, 11) is 1.82. The van der Waals surface area contributed by atoms with E-state index in [2.05, 4.69) is 82.9 Å². The fraction of sp³-hybridized carbons (Fsp3) is 0.435. The van der Waals surface area contributed by atoms with Crippen molar-refractivity contribution in [3.63, 3.8) is 0 Å². The van der Waals surface area contributed by atoms with Crippen molar-refractivity contribution in [2.75, 3.05) is 39.9 Å². The molecule has 1 aliphatic rings. The Balaban J connectivity index is 0.00000300. The van der Waals surface area contributed by atoms with Gasteiger partial charge in [-0.15, -0.1) is 24.0 Å². The van der Waals surface area contributed by atoms with Crippen molar-refractivity contribution in [2.24, 2.45) is 4.99 Å². The molecule has 2 aromatic rings. The van der Waals surface area contributed by atoms with Crippen LogP contribution in [0.4, 0.5) is 0 Å². The highest BCUT2D eigenvalue weighted by Crippen LogP contribution is 2.21. The van der Waals surface area contributed by atoms with E-state index in [1.165, 1.54) is 22.3 Å². The molecule has 1 unspecified atom stereocenters. The molecule has 1 fully saturated rings. The number of ether oxygens (including phenoxy) is 1. The maximum absolute atomic E-state index is 5.55. The van der Waals surface area contributed by atoms with E-state index < -0.39 is 0 Å². The molecule has 0 radical (unpaired) electrons. The highest BCUT2D eigenvalue weighted by Gasteiger charge is 2.22. The Labute approximate surface area is 192 Å². The molecule has 1 atom stereocenters. The van der Waals surface area contributed by atoms with E-state index in [-0.39, 0.29) is 24.0 Å². The van der Waals surface area contributed by atoms with Gasteiger partial charge >= 0.3 is 0 Å². The van der Waals surface area contributed by atoms with Crippen LogP contribution in [0.3, 0.4) is 0 Å². The molecule has 3 rings (SSSR count). The third-order valence-corrected chi connectivity index (χ3v) is 5.18. The molecular weight excluding hydrogens is 475 g/mol. The van der Waals surface area contributed by atoms with E-state index in [0.29, 0.717) is 6.04 Å². The minimum atomic E-state index is 0. The van der Waals surface area contributed by atoms with Crippen LogP contribution in [0.2, 0.25) is 0 Å². The number of benzene rings is 2. The zero-order valence-electron chi connectivity index (χ0n) is 17.6. The van der Waals surface area contributed by atoms with E-state index in [9.17, 15) is 0 Å². The van der Waals surface area contributed by atoms with Crippen LogP contribution in [0.25, 0.3) is 0 Å². The lowest BCUT2D eigenvalue weighted by Gasteiger charge is -2.35. The molecule has 0 bridgehead atoms. The summed E-state index contributed by atoms with van der Waals surface area (Å²) in [5, 5.41) is 6.95. The van der Waals surface area contributed by atoms with Crippen LogP contribution in [0.1, 0.15) is 28.3 Å². The topological polar surface area (TPSA) is 48.9 Å². The highest BCUT2D eigenvalue weighted by atomic mass is 127. The normalized spacial score (nSPS) is 16.0. The number of hydrogen-bond acceptors (Lipinski definition) is 3. The van der Waals surface area contributed by atoms with Gasteiger partial charge in [-0.2, -0.15) is 0 Å². The van der Waals surface area contributed by atoms with Crippen LogP contribution in [0.5, 0.6) is 0 Å². The van der Waals surface area contributed by atoms with Gasteiger partial charge in [0.15, 0.2) is 5.96 Å². The maximum atomic E-state index is 5.55. The number of aliphatic imine (C=N–C) groups is 1. The zero-order chi connectivity index (χ0) is 19.8. The number of nitrogens with one attached hydrogen (secondary N) is 2. The minimum absolute atomic E-state index is 0. The number of aryl methyl sites for hydroxylation is 2. The van der Waals surface area contributed by atoms with Gasteiger partial charge in [0.05, 0.1) is 19.3 Å². The van der Waals surface area contributed by atoms with Gasteiger partial charge in [0.2, 0.25) is 0 Å². The number of rotatable bonds is 6. The van der Waals surface area contributed by atoms with Crippen LogP contribution >= 0.6 is 24.0 Å². The Morgan fingerprint density at radius 1 is 1.03 bits per heavy atom. The van der Waals surface area contributed by atoms with Gasteiger partial charge in [0, 0.05) is 33.2 Å². The molecule has 0 aliphatic carbocycles. The fourth-order valence-corrected chi connectivity index (χ4v) is 3.56. The number of nitrogens with zero attached hydrogens (tertiary/aromatic N) is 2. The first-order valence-corrected chi connectivity index (χ1v) is 10.0. The fourth-order valence-electron chi connectivity index (χ4n) is 3.56. The van der Waals surface area contributed by atoms with Crippen molar-refractivity contribution in [3.05, 3.63) is 70.8 Å². The Morgan fingerprint density at radius 2 is 1.76 bits per heavy atom. The van der Waals surface area contributed by atoms with E-state index >= 15 is 0 Å². The van der Waals surface area contributed by atoms with Gasteiger partial charge < -0.3 is 15.4 Å². The van der Waals surface area contributed by atoms with Crippen LogP contribution in [-0.4, -0.2) is 50.8 Å². The van der Waals surface area contributed by atoms with Crippen molar-refractivity contribution < 1.29 is 4.74 Å². The maximum Gasteiger partial charge on any atom is 0.191 e. The Hall–Kier alpha value is -1.64. The summed E-state index contributed by atoms with van der Waals surface area (Å²) in [5.74, 6) is 0.826. The molecule has 1 heterocycles. The second-order valence-corrected chi connectivity index (χ2v) is 7.37. The Kier molecular flexibility index (Phi) is 9.90. The first kappa shape index (κ1) is 23.6. The quantitative estimate of drug-likeness (QED) is 0.356. The molecule has 5 nitrogen and oxygen atoms in total. The van der Waals surface area contributed by atoms with Gasteiger partial charge in [-0.25, -0.2) is 0 Å². The summed E-state index contributed by atoms with van der Waals surface area (Å²) in [4.78, 5) is 6.90. The number of hydrogen-bond donors (Lipinski definition) is 2. The van der Waals surface area contributed by atoms with Crippen LogP contribution in [0.15, 0.2) is 53.5 Å². The summed E-state index contributed by atoms with van der Waals surface area (Å²) >= 11 is 0. The third-order valence-electron chi connectivity index (χ3n) is 5.18. The first-order valence-electron chi connectivity index (χ1n) is 10.0. The summed E-state index contributed by atoms with van der Waals surface area (Å²) in [6.07, 6.45) is 0. The lowest BCUT2D eigenvalue weighted by molar-refractivity contribution is 0.0170. The van der Waals surface area contributed by atoms with Crippen LogP contribution in [0, 0.1) is 13.8 Å². The van der Waals surface area contributed by atoms with E-state index in [1.807, 2.05) is 7.05 Å². The monoisotopic (exact) mass is 508 g/mol. The lowest BCUT2D eigenvalue weighted by atomic mass is 10.0. The molecule has 0 saturated carbocycles. The molecule has 0 spiro atoms. The third kappa shape index (κ3) is 7.28. The van der Waals surface area contributed by atoms with E-state index in [0.717, 1.165) is 45.4 Å². The SMILES string of the molecule is CN=C(NCc1cccc(C)c1)NCC(c1ccc(C)cc1)N1CCOCC1.I. The summed E-state index contributed by atoms with van der Waals surface area (Å²) in [5.41, 5.74) is 5.14. The Bertz CT molecular complexity index is 773. The number of guanidine groups is 1. The predicted molar refractivity (Wildman–Crippen MR) is 131 cm³/mol. The van der Waals surface area contributed by atoms with Crippen molar-refractivity contribution in [2.45, 2.75) is 26.4 Å². The lowest BCUT2D eigenvalue weighted by Crippen LogP contribution is -2.46. The van der Waals surface area contributed by atoms with Gasteiger partial charge in [-0.05, 0) is 25.0 Å². The van der Waals surface area contributed by atoms with Crippen molar-refractivity contribution in [1.29, 1.82) is 0 Å². The van der Waals surface area contributed by atoms with Gasteiger partial charge in [-0.1, -0.05) is 59.7 Å². The summed E-state index contributed by atoms with van der Waals surface area (Å²) in [6, 6.07) is 17.7. The van der Waals surface area contributed by atoms with Crippen LogP contribution < -0.4 is 10.6 Å². The van der Waals surface area contributed by atoms with Gasteiger partial charge in [0.25, 0.3) is 0 Å². The van der Waals surface area contributed by atoms with Crippen LogP contribution in [-0.2, 0) is 11.3 Å². The van der Waals surface area contributed by atoms with E-state index in [1.54, 1.807) is 0 Å². The molecular formula is C23H33IN4O. The highest BCUT2D eigenvalue weighted by molar-refractivity contribution is 14.0. The summed E-state index contributed by atoms with van der Waals surface area (Å²) < 4.78 is 5.55. The Morgan fingerprint density at radius 3 is 2.41 bits per heavy atom. The molecule has 2 aromatic carbocycles. The summed E-state index contributed by atoms with van der Waals surface area (Å²) in [6.45, 7) is 9.30. The standard InChI is InChI=1S/C23H32N4O.HI/c1-18-7-9-21(10-8-18)22(27-11-13-28-14-12-27)17-26-23(24-3)25-16-20-6-4-5-19(2)15-20;/h4-10,15,22H,11-14,16-17H2,1-3H3,(H2,24,25,26);1H. The molecule has 29 heavy (non-hydrogen) atoms. The molecule has 1 saturated heterocycles. The van der Waals surface area contributed by atoms with Gasteiger partial charge in [-0.3, -0.25) is 9.89 Å². The average molecular weight is 508 g/mol. The molecule has 2 N–H and O–H groups in total. The van der Waals surface area contributed by atoms with Crippen molar-refractivity contribution >= 4 is 29.9 Å². The largest absolute Gasteiger partial charge is 0.379 e. The van der Waals surface area contributed by atoms with Gasteiger partial charge in [0.1, 0.15) is 0 Å². The second kappa shape index (κ2) is 12.1. The van der Waals surface area contributed by atoms with Crippen molar-refractivity contribution in [1.82, 2.24) is 15.5 Å². The molecule has 1 aliphatic heterocycles. The average Bonchev–Trinajstić information content (AvgIpc) is 2.72. The smallest absolute Gasteiger partial charge is 0.191 e. The van der Waals surface area contributed by atoms with E-state index in [4.69, 9.17) is 4.74 Å². The minimum Gasteiger partial charge on any atom is -0.379 e. The molecule has 6 heteroatoms. The predicted octanol–water partition coefficient (Wildman–Crippen LogP) is 3.66. The second-order valence-electron chi connectivity index (χ2n) is 7.37. The number of halogens is 1. The van der Waals surface area contributed by atoms with Crippen molar-refractivity contribution in [3.8, 4) is 0 Å². The zero-order valence-corrected chi connectivity index (χ0v) is 20.0. The first-order chi connectivity index (χ1) is 13.7. The number of morpholine rings is 1. The molecule has 0 amide bonds. The molecule has 0 aromatic heterocycles.